The summed E-state index contributed by atoms with van der Waals surface area (Å²) >= 11 is 14.8. The average Bonchev–Trinajstić information content (AvgIpc) is 3.00. The van der Waals surface area contributed by atoms with Crippen LogP contribution in [0.3, 0.4) is 0 Å². The largest absolute Gasteiger partial charge is 0.493 e. The van der Waals surface area contributed by atoms with Gasteiger partial charge in [-0.05, 0) is 62.0 Å². The Kier molecular flexibility index (Phi) is 11.6. The maximum Gasteiger partial charge on any atom is 0.338 e. The van der Waals surface area contributed by atoms with E-state index < -0.39 is 17.9 Å². The molecule has 4 rings (SSSR count). The van der Waals surface area contributed by atoms with Gasteiger partial charge in [-0.1, -0.05) is 57.9 Å². The number of carbonyl (C=O) groups is 2. The number of nitrogens with one attached hydrogen (secondary N) is 3. The third kappa shape index (κ3) is 8.49. The van der Waals surface area contributed by atoms with Gasteiger partial charge in [0, 0.05) is 26.3 Å². The van der Waals surface area contributed by atoms with Crippen LogP contribution in [0.4, 0.5) is 0 Å². The quantitative estimate of drug-likeness (QED) is 0.0964. The van der Waals surface area contributed by atoms with Crippen LogP contribution in [0.2, 0.25) is 5.02 Å². The van der Waals surface area contributed by atoms with Crippen molar-refractivity contribution in [3.63, 3.8) is 0 Å². The summed E-state index contributed by atoms with van der Waals surface area (Å²) in [5.41, 5.74) is 5.50. The summed E-state index contributed by atoms with van der Waals surface area (Å²) in [5.74, 6) is 0.325. The van der Waals surface area contributed by atoms with E-state index in [1.54, 1.807) is 62.4 Å². The Labute approximate surface area is 273 Å². The Morgan fingerprint density at radius 1 is 1.11 bits per heavy atom. The highest BCUT2D eigenvalue weighted by Gasteiger charge is 2.32. The van der Waals surface area contributed by atoms with Crippen LogP contribution in [0.25, 0.3) is 0 Å². The smallest absolute Gasteiger partial charge is 0.338 e. The van der Waals surface area contributed by atoms with Gasteiger partial charge >= 0.3 is 5.97 Å². The number of hydrogen-bond acceptors (Lipinski definition) is 8. The second kappa shape index (κ2) is 15.6. The summed E-state index contributed by atoms with van der Waals surface area (Å²) in [6.45, 7) is 3.62. The van der Waals surface area contributed by atoms with Crippen molar-refractivity contribution in [3.05, 3.63) is 98.1 Å². The lowest BCUT2D eigenvalue weighted by atomic mass is 9.95. The number of ether oxygens (including phenoxy) is 4. The molecule has 10 nitrogen and oxygen atoms in total. The van der Waals surface area contributed by atoms with Crippen LogP contribution in [0.15, 0.2) is 81.5 Å². The molecule has 44 heavy (non-hydrogen) atoms. The summed E-state index contributed by atoms with van der Waals surface area (Å²) < 4.78 is 23.4. The molecule has 3 N–H and O–H groups in total. The highest BCUT2D eigenvalue weighted by atomic mass is 79.9. The summed E-state index contributed by atoms with van der Waals surface area (Å²) in [7, 11) is 1.54. The third-order valence-electron chi connectivity index (χ3n) is 6.31. The van der Waals surface area contributed by atoms with E-state index in [4.69, 9.17) is 42.8 Å². The van der Waals surface area contributed by atoms with Crippen LogP contribution in [0.1, 0.15) is 36.6 Å². The molecule has 0 unspecified atom stereocenters. The number of halogens is 2. The number of amides is 1. The molecule has 0 bridgehead atoms. The van der Waals surface area contributed by atoms with Gasteiger partial charge in [-0.25, -0.2) is 10.2 Å². The molecule has 1 aliphatic rings. The molecular formula is C31H30BrClN4O6S. The number of rotatable bonds is 12. The zero-order valence-electron chi connectivity index (χ0n) is 24.1. The summed E-state index contributed by atoms with van der Waals surface area (Å²) in [5, 5.41) is 11.1. The molecule has 3 aromatic carbocycles. The molecule has 1 heterocycles. The maximum absolute atomic E-state index is 12.8. The molecular weight excluding hydrogens is 672 g/mol. The number of allylic oxidation sites excluding steroid dienone is 1. The van der Waals surface area contributed by atoms with Gasteiger partial charge in [-0.3, -0.25) is 4.79 Å². The number of benzene rings is 3. The van der Waals surface area contributed by atoms with Gasteiger partial charge < -0.3 is 29.6 Å². The monoisotopic (exact) mass is 700 g/mol. The first-order chi connectivity index (χ1) is 21.2. The molecule has 0 radical (unpaired) electrons. The zero-order valence-corrected chi connectivity index (χ0v) is 27.3. The topological polar surface area (TPSA) is 120 Å². The van der Waals surface area contributed by atoms with Crippen LogP contribution in [0.5, 0.6) is 17.2 Å². The average molecular weight is 702 g/mol. The van der Waals surface area contributed by atoms with Gasteiger partial charge in [-0.15, -0.1) is 0 Å². The predicted molar refractivity (Wildman–Crippen MR) is 175 cm³/mol. The molecule has 0 saturated carbocycles. The lowest BCUT2D eigenvalue weighted by molar-refractivity contribution is -0.139. The van der Waals surface area contributed by atoms with E-state index in [1.165, 1.54) is 13.3 Å². The SMILES string of the molecule is CCOC(=O)C1=C(C)NC(=S)N[C@@H]1c1ccccc1OCC(=O)NN=Cc1cc(Br)cc(OC)c1OCc1ccc(Cl)cc1. The number of esters is 1. The van der Waals surface area contributed by atoms with Crippen molar-refractivity contribution in [2.24, 2.45) is 5.10 Å². The number of carbonyl (C=O) groups excluding carboxylic acids is 2. The Balaban J connectivity index is 1.45. The van der Waals surface area contributed by atoms with E-state index in [2.05, 4.69) is 37.1 Å². The van der Waals surface area contributed by atoms with Crippen molar-refractivity contribution < 1.29 is 28.5 Å². The molecule has 13 heteroatoms. The van der Waals surface area contributed by atoms with Crippen LogP contribution >= 0.6 is 39.7 Å². The Bertz CT molecular complexity index is 1600. The van der Waals surface area contributed by atoms with E-state index in [0.29, 0.717) is 49.8 Å². The van der Waals surface area contributed by atoms with E-state index in [0.717, 1.165) is 10.0 Å². The van der Waals surface area contributed by atoms with Crippen molar-refractivity contribution in [1.82, 2.24) is 16.1 Å². The van der Waals surface area contributed by atoms with E-state index in [-0.39, 0.29) is 19.8 Å². The van der Waals surface area contributed by atoms with Crippen molar-refractivity contribution in [3.8, 4) is 17.2 Å². The molecule has 230 valence electrons. The molecule has 1 atom stereocenters. The van der Waals surface area contributed by atoms with Gasteiger partial charge in [0.25, 0.3) is 5.91 Å². The molecule has 1 aliphatic heterocycles. The second-order valence-electron chi connectivity index (χ2n) is 9.35. The number of nitrogens with zero attached hydrogens (tertiary/aromatic N) is 1. The molecule has 0 spiro atoms. The Morgan fingerprint density at radius 2 is 1.86 bits per heavy atom. The van der Waals surface area contributed by atoms with Gasteiger partial charge in [0.05, 0.1) is 31.5 Å². The van der Waals surface area contributed by atoms with Crippen LogP contribution in [-0.4, -0.2) is 43.5 Å². The van der Waals surface area contributed by atoms with Crippen molar-refractivity contribution in [2.45, 2.75) is 26.5 Å². The van der Waals surface area contributed by atoms with Crippen molar-refractivity contribution in [2.75, 3.05) is 20.3 Å². The molecule has 0 saturated heterocycles. The van der Waals surface area contributed by atoms with Gasteiger partial charge in [-0.2, -0.15) is 5.10 Å². The lowest BCUT2D eigenvalue weighted by Gasteiger charge is -2.30. The number of thiocarbonyl (C=S) groups is 1. The number of methoxy groups -OCH3 is 1. The molecule has 0 aliphatic carbocycles. The Hall–Kier alpha value is -4.13. The van der Waals surface area contributed by atoms with E-state index in [9.17, 15) is 9.59 Å². The zero-order chi connectivity index (χ0) is 31.6. The minimum Gasteiger partial charge on any atom is -0.493 e. The predicted octanol–water partition coefficient (Wildman–Crippen LogP) is 5.58. The van der Waals surface area contributed by atoms with Crippen molar-refractivity contribution in [1.29, 1.82) is 0 Å². The molecule has 1 amide bonds. The van der Waals surface area contributed by atoms with Gasteiger partial charge in [0.15, 0.2) is 23.2 Å². The first-order valence-corrected chi connectivity index (χ1v) is 15.0. The summed E-state index contributed by atoms with van der Waals surface area (Å²) in [6.07, 6.45) is 1.45. The highest BCUT2D eigenvalue weighted by Crippen LogP contribution is 2.35. The highest BCUT2D eigenvalue weighted by molar-refractivity contribution is 9.10. The lowest BCUT2D eigenvalue weighted by Crippen LogP contribution is -2.45. The third-order valence-corrected chi connectivity index (χ3v) is 7.24. The standard InChI is InChI=1S/C31H30BrClN4O6S/c1-4-41-30(39)27-18(2)35-31(44)36-28(27)23-7-5-6-8-24(23)42-17-26(38)37-34-15-20-13-21(32)14-25(40-3)29(20)43-16-19-9-11-22(33)12-10-19/h5-15,28H,4,16-17H2,1-3H3,(H,37,38)(H2,35,36,44)/t28-/m1/s1. The molecule has 3 aromatic rings. The second-order valence-corrected chi connectivity index (χ2v) is 11.1. The number of hydrazone groups is 1. The fourth-order valence-corrected chi connectivity index (χ4v) is 5.18. The minimum absolute atomic E-state index is 0.217. The summed E-state index contributed by atoms with van der Waals surface area (Å²) in [6, 6.07) is 17.3. The first kappa shape index (κ1) is 32.8. The summed E-state index contributed by atoms with van der Waals surface area (Å²) in [4.78, 5) is 25.5. The maximum atomic E-state index is 12.8. The van der Waals surface area contributed by atoms with Crippen molar-refractivity contribution >= 4 is 63.0 Å². The number of hydrogen-bond donors (Lipinski definition) is 3. The first-order valence-electron chi connectivity index (χ1n) is 13.4. The normalized spacial score (nSPS) is 14.5. The fraction of sp³-hybridized carbons (Fsp3) is 0.226. The van der Waals surface area contributed by atoms with Gasteiger partial charge in [0.2, 0.25) is 0 Å². The Morgan fingerprint density at radius 3 is 2.59 bits per heavy atom. The fourth-order valence-electron chi connectivity index (χ4n) is 4.33. The number of para-hydroxylation sites is 1. The van der Waals surface area contributed by atoms with Gasteiger partial charge in [0.1, 0.15) is 12.4 Å². The van der Waals surface area contributed by atoms with E-state index in [1.807, 2.05) is 12.1 Å². The molecule has 0 fully saturated rings. The van der Waals surface area contributed by atoms with Crippen LogP contribution in [0, 0.1) is 0 Å². The van der Waals surface area contributed by atoms with E-state index >= 15 is 0 Å². The van der Waals surface area contributed by atoms with Crippen LogP contribution < -0.4 is 30.3 Å². The molecule has 0 aromatic heterocycles. The minimum atomic E-state index is -0.641. The van der Waals surface area contributed by atoms with Crippen LogP contribution in [-0.2, 0) is 20.9 Å².